The van der Waals surface area contributed by atoms with Crippen LogP contribution in [0.2, 0.25) is 0 Å². The van der Waals surface area contributed by atoms with Gasteiger partial charge in [0.1, 0.15) is 0 Å². The van der Waals surface area contributed by atoms with Crippen LogP contribution in [0, 0.1) is 6.92 Å². The number of aryl methyl sites for hydroxylation is 1. The molecule has 1 N–H and O–H groups in total. The van der Waals surface area contributed by atoms with Gasteiger partial charge in [0.05, 0.1) is 20.3 Å². The third-order valence-electron chi connectivity index (χ3n) is 3.50. The van der Waals surface area contributed by atoms with Crippen molar-refractivity contribution in [3.8, 4) is 11.5 Å². The Balaban J connectivity index is 2.39. The van der Waals surface area contributed by atoms with Gasteiger partial charge in [0, 0.05) is 4.88 Å². The summed E-state index contributed by atoms with van der Waals surface area (Å²) in [6, 6.07) is 8.50. The number of benzene rings is 1. The van der Waals surface area contributed by atoms with Crippen LogP contribution in [0.25, 0.3) is 0 Å². The minimum absolute atomic E-state index is 0.199. The highest BCUT2D eigenvalue weighted by Gasteiger charge is 2.18. The van der Waals surface area contributed by atoms with E-state index in [1.165, 1.54) is 16.0 Å². The molecule has 0 aliphatic rings. The third kappa shape index (κ3) is 3.57. The Hall–Kier alpha value is -1.52. The van der Waals surface area contributed by atoms with E-state index in [-0.39, 0.29) is 6.04 Å². The maximum Gasteiger partial charge on any atom is 0.161 e. The molecule has 0 aliphatic carbocycles. The number of ether oxygens (including phenoxy) is 2. The average Bonchev–Trinajstić information content (AvgIpc) is 2.93. The zero-order chi connectivity index (χ0) is 15.2. The number of rotatable bonds is 7. The van der Waals surface area contributed by atoms with Crippen molar-refractivity contribution >= 4 is 11.3 Å². The van der Waals surface area contributed by atoms with Gasteiger partial charge in [0.2, 0.25) is 0 Å². The minimum Gasteiger partial charge on any atom is -0.493 e. The van der Waals surface area contributed by atoms with E-state index >= 15 is 0 Å². The topological polar surface area (TPSA) is 30.5 Å². The van der Waals surface area contributed by atoms with Crippen LogP contribution in [0.1, 0.15) is 35.4 Å². The molecular weight excluding hydrogens is 282 g/mol. The molecule has 0 spiro atoms. The summed E-state index contributed by atoms with van der Waals surface area (Å²) in [7, 11) is 3.33. The van der Waals surface area contributed by atoms with Crippen LogP contribution >= 0.6 is 11.3 Å². The van der Waals surface area contributed by atoms with Gasteiger partial charge in [0.25, 0.3) is 0 Å². The first-order chi connectivity index (χ1) is 10.2. The van der Waals surface area contributed by atoms with E-state index in [9.17, 15) is 0 Å². The van der Waals surface area contributed by atoms with Gasteiger partial charge in [-0.05, 0) is 54.6 Å². The molecule has 1 unspecified atom stereocenters. The van der Waals surface area contributed by atoms with E-state index in [0.717, 1.165) is 24.5 Å². The highest BCUT2D eigenvalue weighted by molar-refractivity contribution is 7.10. The van der Waals surface area contributed by atoms with E-state index in [1.807, 2.05) is 6.07 Å². The van der Waals surface area contributed by atoms with Gasteiger partial charge in [-0.1, -0.05) is 13.0 Å². The molecule has 0 amide bonds. The van der Waals surface area contributed by atoms with Crippen LogP contribution in [-0.4, -0.2) is 20.8 Å². The van der Waals surface area contributed by atoms with Gasteiger partial charge in [-0.15, -0.1) is 11.3 Å². The second kappa shape index (κ2) is 7.48. The highest BCUT2D eigenvalue weighted by atomic mass is 32.1. The van der Waals surface area contributed by atoms with Crippen molar-refractivity contribution in [1.82, 2.24) is 5.32 Å². The molecule has 114 valence electrons. The van der Waals surface area contributed by atoms with Crippen LogP contribution in [0.5, 0.6) is 11.5 Å². The standard InChI is InChI=1S/C17H23NO2S/c1-5-9-18-16(17-12(2)8-10-21-17)13-6-7-14(19-3)15(11-13)20-4/h6-8,10-11,16,18H,5,9H2,1-4H3. The highest BCUT2D eigenvalue weighted by Crippen LogP contribution is 2.34. The first-order valence-corrected chi connectivity index (χ1v) is 8.08. The molecule has 2 rings (SSSR count). The van der Waals surface area contributed by atoms with E-state index in [2.05, 4.69) is 42.7 Å². The average molecular weight is 305 g/mol. The predicted molar refractivity (Wildman–Crippen MR) is 88.7 cm³/mol. The first kappa shape index (κ1) is 15.9. The minimum atomic E-state index is 0.199. The molecular formula is C17H23NO2S. The predicted octanol–water partition coefficient (Wildman–Crippen LogP) is 4.16. The number of hydrogen-bond acceptors (Lipinski definition) is 4. The van der Waals surface area contributed by atoms with Crippen molar-refractivity contribution in [1.29, 1.82) is 0 Å². The lowest BCUT2D eigenvalue weighted by Gasteiger charge is -2.20. The summed E-state index contributed by atoms with van der Waals surface area (Å²) in [5.74, 6) is 1.53. The second-order valence-corrected chi connectivity index (χ2v) is 5.92. The van der Waals surface area contributed by atoms with Gasteiger partial charge in [-0.3, -0.25) is 0 Å². The van der Waals surface area contributed by atoms with Gasteiger partial charge in [-0.25, -0.2) is 0 Å². The van der Waals surface area contributed by atoms with Gasteiger partial charge >= 0.3 is 0 Å². The van der Waals surface area contributed by atoms with Gasteiger partial charge in [-0.2, -0.15) is 0 Å². The molecule has 2 aromatic rings. The molecule has 0 saturated heterocycles. The number of methoxy groups -OCH3 is 2. The fourth-order valence-electron chi connectivity index (χ4n) is 2.36. The summed E-state index contributed by atoms with van der Waals surface area (Å²) in [6.45, 7) is 5.32. The van der Waals surface area contributed by atoms with Crippen LogP contribution in [-0.2, 0) is 0 Å². The molecule has 1 aromatic heterocycles. The van der Waals surface area contributed by atoms with E-state index in [0.29, 0.717) is 0 Å². The monoisotopic (exact) mass is 305 g/mol. The summed E-state index contributed by atoms with van der Waals surface area (Å²) < 4.78 is 10.8. The molecule has 0 fully saturated rings. The van der Waals surface area contributed by atoms with Crippen LogP contribution in [0.15, 0.2) is 29.6 Å². The second-order valence-electron chi connectivity index (χ2n) is 4.97. The molecule has 0 radical (unpaired) electrons. The Morgan fingerprint density at radius 1 is 1.14 bits per heavy atom. The Bertz CT molecular complexity index is 580. The molecule has 4 heteroatoms. The summed E-state index contributed by atoms with van der Waals surface area (Å²) in [5.41, 5.74) is 2.52. The van der Waals surface area contributed by atoms with Crippen molar-refractivity contribution in [3.63, 3.8) is 0 Å². The fourth-order valence-corrected chi connectivity index (χ4v) is 3.39. The van der Waals surface area contributed by atoms with Crippen molar-refractivity contribution < 1.29 is 9.47 Å². The van der Waals surface area contributed by atoms with Crippen molar-refractivity contribution in [2.45, 2.75) is 26.3 Å². The number of nitrogens with one attached hydrogen (secondary N) is 1. The van der Waals surface area contributed by atoms with Crippen molar-refractivity contribution in [2.75, 3.05) is 20.8 Å². The number of hydrogen-bond donors (Lipinski definition) is 1. The molecule has 1 aromatic carbocycles. The molecule has 0 bridgehead atoms. The van der Waals surface area contributed by atoms with Crippen molar-refractivity contribution in [2.24, 2.45) is 0 Å². The summed E-state index contributed by atoms with van der Waals surface area (Å²) in [6.07, 6.45) is 1.11. The Morgan fingerprint density at radius 2 is 1.90 bits per heavy atom. The van der Waals surface area contributed by atoms with E-state index < -0.39 is 0 Å². The SMILES string of the molecule is CCCNC(c1ccc(OC)c(OC)c1)c1sccc1C. The number of thiophene rings is 1. The van der Waals surface area contributed by atoms with E-state index in [1.54, 1.807) is 25.6 Å². The quantitative estimate of drug-likeness (QED) is 0.833. The Morgan fingerprint density at radius 3 is 2.48 bits per heavy atom. The van der Waals surface area contributed by atoms with Crippen molar-refractivity contribution in [3.05, 3.63) is 45.6 Å². The molecule has 1 heterocycles. The zero-order valence-corrected chi connectivity index (χ0v) is 13.9. The molecule has 21 heavy (non-hydrogen) atoms. The van der Waals surface area contributed by atoms with Crippen LogP contribution in [0.4, 0.5) is 0 Å². The summed E-state index contributed by atoms with van der Waals surface area (Å²) in [5, 5.41) is 5.78. The van der Waals surface area contributed by atoms with Gasteiger partial charge < -0.3 is 14.8 Å². The molecule has 0 saturated carbocycles. The maximum absolute atomic E-state index is 5.43. The Kier molecular flexibility index (Phi) is 5.65. The first-order valence-electron chi connectivity index (χ1n) is 7.20. The zero-order valence-electron chi connectivity index (χ0n) is 13.1. The molecule has 3 nitrogen and oxygen atoms in total. The van der Waals surface area contributed by atoms with Crippen LogP contribution < -0.4 is 14.8 Å². The Labute approximate surface area is 130 Å². The lowest BCUT2D eigenvalue weighted by molar-refractivity contribution is 0.354. The smallest absolute Gasteiger partial charge is 0.161 e. The fraction of sp³-hybridized carbons (Fsp3) is 0.412. The normalized spacial score (nSPS) is 12.2. The lowest BCUT2D eigenvalue weighted by Crippen LogP contribution is -2.23. The van der Waals surface area contributed by atoms with Crippen LogP contribution in [0.3, 0.4) is 0 Å². The third-order valence-corrected chi connectivity index (χ3v) is 4.59. The molecule has 1 atom stereocenters. The van der Waals surface area contributed by atoms with E-state index in [4.69, 9.17) is 9.47 Å². The summed E-state index contributed by atoms with van der Waals surface area (Å²) in [4.78, 5) is 1.36. The largest absolute Gasteiger partial charge is 0.493 e. The molecule has 0 aliphatic heterocycles. The van der Waals surface area contributed by atoms with Gasteiger partial charge in [0.15, 0.2) is 11.5 Å². The lowest BCUT2D eigenvalue weighted by atomic mass is 10.0. The summed E-state index contributed by atoms with van der Waals surface area (Å²) >= 11 is 1.79. The maximum atomic E-state index is 5.43.